The summed E-state index contributed by atoms with van der Waals surface area (Å²) in [4.78, 5) is 51.0. The van der Waals surface area contributed by atoms with E-state index in [0.29, 0.717) is 19.3 Å². The molecule has 12 heteroatoms. The number of rotatable bonds is 48. The highest BCUT2D eigenvalue weighted by Crippen LogP contribution is 2.26. The monoisotopic (exact) mass is 1000 g/mol. The number of hydrogen-bond acceptors (Lipinski definition) is 11. The molecule has 1 rings (SSSR count). The maximum absolute atomic E-state index is 13.1. The van der Waals surface area contributed by atoms with Crippen molar-refractivity contribution in [3.8, 4) is 0 Å². The molecule has 3 N–H and O–H groups in total. The maximum atomic E-state index is 13.1. The largest absolute Gasteiger partial charge is 0.479 e. The lowest BCUT2D eigenvalue weighted by Gasteiger charge is -2.40. The normalized spacial score (nSPS) is 18.8. The van der Waals surface area contributed by atoms with Gasteiger partial charge < -0.3 is 39.0 Å². The summed E-state index contributed by atoms with van der Waals surface area (Å²) in [6.45, 7) is 5.86. The number of carboxylic acids is 1. The molecule has 0 aromatic heterocycles. The zero-order chi connectivity index (χ0) is 51.8. The van der Waals surface area contributed by atoms with Crippen molar-refractivity contribution in [1.82, 2.24) is 0 Å². The molecule has 12 nitrogen and oxygen atoms in total. The number of aliphatic carboxylic acids is 1. The fraction of sp³-hybridized carbons (Fsp3) is 0.797. The van der Waals surface area contributed by atoms with Crippen LogP contribution in [0.3, 0.4) is 0 Å². The van der Waals surface area contributed by atoms with Crippen LogP contribution in [-0.4, -0.2) is 89.2 Å². The summed E-state index contributed by atoms with van der Waals surface area (Å²) in [5.41, 5.74) is 0. The number of carboxylic acid groups (broad SMARTS) is 1. The number of esters is 3. The highest BCUT2D eigenvalue weighted by Gasteiger charge is 2.50. The summed E-state index contributed by atoms with van der Waals surface area (Å²) in [7, 11) is 0. The average molecular weight is 1000 g/mol. The molecule has 0 bridgehead atoms. The number of carbonyl (C=O) groups is 4. The van der Waals surface area contributed by atoms with Gasteiger partial charge in [0.15, 0.2) is 24.6 Å². The Hall–Kier alpha value is -3.32. The topological polar surface area (TPSA) is 175 Å². The number of hydrogen-bond donors (Lipinski definition) is 3. The highest BCUT2D eigenvalue weighted by atomic mass is 16.7. The summed E-state index contributed by atoms with van der Waals surface area (Å²) in [6, 6.07) is 0. The van der Waals surface area contributed by atoms with Crippen LogP contribution in [0, 0.1) is 0 Å². The van der Waals surface area contributed by atoms with Gasteiger partial charge in [-0.15, -0.1) is 0 Å². The zero-order valence-electron chi connectivity index (χ0n) is 45.0. The van der Waals surface area contributed by atoms with E-state index in [9.17, 15) is 34.5 Å². The molecule has 0 spiro atoms. The van der Waals surface area contributed by atoms with Gasteiger partial charge in [0, 0.05) is 19.3 Å². The van der Waals surface area contributed by atoms with Crippen molar-refractivity contribution in [1.29, 1.82) is 0 Å². The first kappa shape index (κ1) is 65.7. The summed E-state index contributed by atoms with van der Waals surface area (Å²) < 4.78 is 28.3. The predicted molar refractivity (Wildman–Crippen MR) is 285 cm³/mol. The molecule has 0 aromatic rings. The van der Waals surface area contributed by atoms with Crippen molar-refractivity contribution in [2.24, 2.45) is 0 Å². The Labute approximate surface area is 431 Å². The van der Waals surface area contributed by atoms with Crippen LogP contribution in [-0.2, 0) is 42.9 Å². The van der Waals surface area contributed by atoms with Crippen molar-refractivity contribution in [3.63, 3.8) is 0 Å². The second-order valence-corrected chi connectivity index (χ2v) is 19.6. The number of allylic oxidation sites excluding steroid dienone is 8. The Morgan fingerprint density at radius 2 is 0.887 bits per heavy atom. The van der Waals surface area contributed by atoms with Gasteiger partial charge in [-0.25, -0.2) is 4.79 Å². The molecular formula is C59H102O12. The highest BCUT2D eigenvalue weighted by molar-refractivity contribution is 5.74. The fourth-order valence-corrected chi connectivity index (χ4v) is 8.38. The van der Waals surface area contributed by atoms with E-state index in [1.165, 1.54) is 77.0 Å². The van der Waals surface area contributed by atoms with Crippen LogP contribution in [0.25, 0.3) is 0 Å². The Morgan fingerprint density at radius 3 is 1.38 bits per heavy atom. The zero-order valence-corrected chi connectivity index (χ0v) is 45.0. The number of aliphatic hydroxyl groups is 2. The molecule has 6 atom stereocenters. The van der Waals surface area contributed by atoms with Crippen LogP contribution in [0.5, 0.6) is 0 Å². The Bertz CT molecular complexity index is 1420. The first-order chi connectivity index (χ1) is 34.6. The lowest BCUT2D eigenvalue weighted by atomic mass is 9.98. The van der Waals surface area contributed by atoms with E-state index < -0.39 is 67.3 Å². The van der Waals surface area contributed by atoms with Gasteiger partial charge in [0.05, 0.1) is 6.61 Å². The lowest BCUT2D eigenvalue weighted by Crippen LogP contribution is -2.61. The molecule has 1 saturated heterocycles. The van der Waals surface area contributed by atoms with Crippen molar-refractivity contribution in [2.45, 2.75) is 289 Å². The first-order valence-electron chi connectivity index (χ1n) is 28.6. The summed E-state index contributed by atoms with van der Waals surface area (Å²) in [6.07, 6.45) is 43.8. The summed E-state index contributed by atoms with van der Waals surface area (Å²) in [5.74, 6) is -3.15. The van der Waals surface area contributed by atoms with Gasteiger partial charge in [-0.1, -0.05) is 191 Å². The van der Waals surface area contributed by atoms with Gasteiger partial charge in [-0.05, 0) is 89.9 Å². The number of unbranched alkanes of at least 4 members (excludes halogenated alkanes) is 26. The van der Waals surface area contributed by atoms with E-state index in [2.05, 4.69) is 69.4 Å². The van der Waals surface area contributed by atoms with E-state index in [4.69, 9.17) is 23.7 Å². The van der Waals surface area contributed by atoms with Gasteiger partial charge in [0.2, 0.25) is 0 Å². The van der Waals surface area contributed by atoms with Gasteiger partial charge in [0.25, 0.3) is 0 Å². The van der Waals surface area contributed by atoms with Crippen molar-refractivity contribution in [3.05, 3.63) is 48.6 Å². The Morgan fingerprint density at radius 1 is 0.465 bits per heavy atom. The SMILES string of the molecule is CCC/C=C\C/C=C\CCCCCCCC(=O)OC1C(OCC(COC(=O)CCCCCCCCC/C=C\CCCCCCCC)OC(=O)CCCCCCC/C=C\CCCC)OC(C(=O)O)C(O)C1O. The minimum absolute atomic E-state index is 0.0436. The molecule has 1 fully saturated rings. The van der Waals surface area contributed by atoms with Gasteiger partial charge in [0.1, 0.15) is 18.8 Å². The third kappa shape index (κ3) is 38.0. The fourth-order valence-electron chi connectivity index (χ4n) is 8.38. The molecule has 1 aliphatic heterocycles. The van der Waals surface area contributed by atoms with E-state index in [1.54, 1.807) is 0 Å². The third-order valence-corrected chi connectivity index (χ3v) is 12.8. The van der Waals surface area contributed by atoms with Crippen LogP contribution in [0.1, 0.15) is 252 Å². The van der Waals surface area contributed by atoms with Crippen molar-refractivity contribution >= 4 is 23.9 Å². The molecule has 1 heterocycles. The Kier molecular flexibility index (Phi) is 44.1. The number of ether oxygens (including phenoxy) is 5. The smallest absolute Gasteiger partial charge is 0.335 e. The van der Waals surface area contributed by atoms with Gasteiger partial charge >= 0.3 is 23.9 Å². The molecule has 0 aromatic carbocycles. The minimum Gasteiger partial charge on any atom is -0.479 e. The van der Waals surface area contributed by atoms with E-state index in [-0.39, 0.29) is 25.9 Å². The molecule has 1 aliphatic rings. The van der Waals surface area contributed by atoms with E-state index >= 15 is 0 Å². The van der Waals surface area contributed by atoms with Crippen LogP contribution in [0.4, 0.5) is 0 Å². The number of carbonyl (C=O) groups excluding carboxylic acids is 3. The second kappa shape index (κ2) is 47.7. The maximum Gasteiger partial charge on any atom is 0.335 e. The minimum atomic E-state index is -1.91. The average Bonchev–Trinajstić information content (AvgIpc) is 3.35. The molecule has 0 radical (unpaired) electrons. The van der Waals surface area contributed by atoms with E-state index in [1.807, 2.05) is 0 Å². The molecular weight excluding hydrogens is 901 g/mol. The molecule has 6 unspecified atom stereocenters. The van der Waals surface area contributed by atoms with Crippen molar-refractivity contribution in [2.75, 3.05) is 13.2 Å². The third-order valence-electron chi connectivity index (χ3n) is 12.8. The van der Waals surface area contributed by atoms with Crippen LogP contribution >= 0.6 is 0 Å². The summed E-state index contributed by atoms with van der Waals surface area (Å²) >= 11 is 0. The molecule has 410 valence electrons. The standard InChI is InChI=1S/C59H102O12/c1-4-7-10-13-16-19-22-24-25-26-27-29-31-33-36-39-42-45-51(60)67-48-50(69-52(61)46-43-40-37-34-30-21-18-15-12-9-6-3)49-68-59-57(55(64)54(63)56(71-59)58(65)66)70-53(62)47-44-41-38-35-32-28-23-20-17-14-11-8-5-2/h11,14-15,18,20,23-25,50,54-57,59,63-64H,4-10,12-13,16-17,19,21-22,26-49H2,1-3H3,(H,65,66)/b14-11-,18-15-,23-20-,25-24-. The van der Waals surface area contributed by atoms with Gasteiger partial charge in [-0.3, -0.25) is 14.4 Å². The first-order valence-corrected chi connectivity index (χ1v) is 28.6. The Balaban J connectivity index is 2.69. The molecule has 0 amide bonds. The number of aliphatic hydroxyl groups excluding tert-OH is 2. The molecule has 71 heavy (non-hydrogen) atoms. The van der Waals surface area contributed by atoms with Crippen molar-refractivity contribution < 1.29 is 58.2 Å². The van der Waals surface area contributed by atoms with Gasteiger partial charge in [-0.2, -0.15) is 0 Å². The molecule has 0 aliphatic carbocycles. The quantitative estimate of drug-likeness (QED) is 0.0228. The van der Waals surface area contributed by atoms with Crippen LogP contribution in [0.2, 0.25) is 0 Å². The van der Waals surface area contributed by atoms with Crippen LogP contribution in [0.15, 0.2) is 48.6 Å². The van der Waals surface area contributed by atoms with Crippen LogP contribution < -0.4 is 0 Å². The lowest BCUT2D eigenvalue weighted by molar-refractivity contribution is -0.301. The van der Waals surface area contributed by atoms with E-state index in [0.717, 1.165) is 116 Å². The molecule has 0 saturated carbocycles. The second-order valence-electron chi connectivity index (χ2n) is 19.6. The summed E-state index contributed by atoms with van der Waals surface area (Å²) in [5, 5.41) is 31.4. The predicted octanol–water partition coefficient (Wildman–Crippen LogP) is 14.2.